The van der Waals surface area contributed by atoms with Crippen LogP contribution in [0, 0.1) is 23.5 Å². The average Bonchev–Trinajstić information content (AvgIpc) is 3.70. The number of aromatic nitrogens is 6. The standard InChI is InChI=1S/C35H32F6N8O2/c1-18-15-35(40,41)31-28(18)30(32(38)39)47-49(31)17-27(50)44-25(13-19-11-21(36)14-22(37)12-19)29-24(7-6-23(43-29)9-10-34(2,3)51)20-5-8-26-45-46-33(42-4)48(26)16-20/h5-8,11-12,14,16,18,25,32,51H,13,15,17H2,1-4H3,(H,42,46)(H,44,50)/t18-,25-/m0/s1. The second kappa shape index (κ2) is 13.4. The molecule has 16 heteroatoms. The Labute approximate surface area is 287 Å². The van der Waals surface area contributed by atoms with Crippen LogP contribution in [0.15, 0.2) is 48.7 Å². The highest BCUT2D eigenvalue weighted by Crippen LogP contribution is 2.50. The Balaban J connectivity index is 1.47. The van der Waals surface area contributed by atoms with Crippen LogP contribution in [0.4, 0.5) is 32.3 Å². The van der Waals surface area contributed by atoms with E-state index in [2.05, 4.69) is 37.8 Å². The zero-order chi connectivity index (χ0) is 36.8. The molecule has 1 aliphatic carbocycles. The number of hydrogen-bond acceptors (Lipinski definition) is 7. The summed E-state index contributed by atoms with van der Waals surface area (Å²) in [4.78, 5) is 18.4. The third kappa shape index (κ3) is 7.39. The van der Waals surface area contributed by atoms with E-state index in [1.807, 2.05) is 0 Å². The van der Waals surface area contributed by atoms with E-state index in [4.69, 9.17) is 4.98 Å². The van der Waals surface area contributed by atoms with Crippen molar-refractivity contribution in [3.05, 3.63) is 94.2 Å². The molecule has 1 aromatic carbocycles. The minimum atomic E-state index is -3.51. The predicted molar refractivity (Wildman–Crippen MR) is 174 cm³/mol. The Hall–Kier alpha value is -5.43. The first kappa shape index (κ1) is 35.4. The predicted octanol–water partition coefficient (Wildman–Crippen LogP) is 6.07. The molecule has 0 saturated heterocycles. The molecule has 3 N–H and O–H groups in total. The van der Waals surface area contributed by atoms with Gasteiger partial charge in [-0.15, -0.1) is 10.2 Å². The molecule has 51 heavy (non-hydrogen) atoms. The maximum atomic E-state index is 15.1. The maximum absolute atomic E-state index is 15.1. The van der Waals surface area contributed by atoms with Crippen molar-refractivity contribution in [2.75, 3.05) is 12.4 Å². The van der Waals surface area contributed by atoms with Crippen LogP contribution in [0.2, 0.25) is 0 Å². The van der Waals surface area contributed by atoms with Gasteiger partial charge in [-0.05, 0) is 74.1 Å². The molecule has 1 aliphatic rings. The van der Waals surface area contributed by atoms with Crippen molar-refractivity contribution in [1.82, 2.24) is 34.7 Å². The zero-order valence-corrected chi connectivity index (χ0v) is 27.8. The molecule has 266 valence electrons. The van der Waals surface area contributed by atoms with Crippen LogP contribution in [-0.2, 0) is 23.7 Å². The normalized spacial score (nSPS) is 15.8. The van der Waals surface area contributed by atoms with Gasteiger partial charge in [-0.25, -0.2) is 22.5 Å². The number of carbonyl (C=O) groups excluding carboxylic acids is 1. The Morgan fingerprint density at radius 3 is 2.49 bits per heavy atom. The fourth-order valence-electron chi connectivity index (χ4n) is 6.27. The molecular weight excluding hydrogens is 678 g/mol. The molecule has 4 aromatic heterocycles. The second-order valence-corrected chi connectivity index (χ2v) is 12.9. The number of rotatable bonds is 9. The number of hydrogen-bond donors (Lipinski definition) is 3. The van der Waals surface area contributed by atoms with Crippen LogP contribution in [0.3, 0.4) is 0 Å². The van der Waals surface area contributed by atoms with Crippen molar-refractivity contribution >= 4 is 17.5 Å². The molecule has 4 heterocycles. The van der Waals surface area contributed by atoms with Crippen molar-refractivity contribution in [3.8, 4) is 23.0 Å². The maximum Gasteiger partial charge on any atom is 0.290 e. The molecule has 6 rings (SSSR count). The summed E-state index contributed by atoms with van der Waals surface area (Å²) in [7, 11) is 1.66. The Bertz CT molecular complexity index is 2180. The average molecular weight is 711 g/mol. The van der Waals surface area contributed by atoms with E-state index in [0.29, 0.717) is 33.5 Å². The first-order chi connectivity index (χ1) is 24.0. The molecule has 0 unspecified atom stereocenters. The number of halogens is 6. The number of aliphatic hydroxyl groups is 1. The van der Waals surface area contributed by atoms with Crippen LogP contribution >= 0.6 is 0 Å². The summed E-state index contributed by atoms with van der Waals surface area (Å²) < 4.78 is 89.0. The molecule has 0 aliphatic heterocycles. The van der Waals surface area contributed by atoms with Gasteiger partial charge < -0.3 is 15.7 Å². The first-order valence-corrected chi connectivity index (χ1v) is 15.8. The molecule has 0 bridgehead atoms. The summed E-state index contributed by atoms with van der Waals surface area (Å²) in [5.74, 6) is -1.24. The van der Waals surface area contributed by atoms with Crippen molar-refractivity contribution in [2.24, 2.45) is 0 Å². The Morgan fingerprint density at radius 1 is 1.10 bits per heavy atom. The molecule has 1 amide bonds. The lowest BCUT2D eigenvalue weighted by atomic mass is 9.95. The molecule has 10 nitrogen and oxygen atoms in total. The number of alkyl halides is 4. The minimum Gasteiger partial charge on any atom is -0.378 e. The van der Waals surface area contributed by atoms with E-state index in [1.54, 1.807) is 41.9 Å². The van der Waals surface area contributed by atoms with Gasteiger partial charge in [0, 0.05) is 42.4 Å². The highest BCUT2D eigenvalue weighted by Gasteiger charge is 2.50. The molecule has 0 radical (unpaired) electrons. The fourth-order valence-corrected chi connectivity index (χ4v) is 6.27. The van der Waals surface area contributed by atoms with Crippen molar-refractivity contribution in [1.29, 1.82) is 0 Å². The quantitative estimate of drug-likeness (QED) is 0.126. The third-order valence-electron chi connectivity index (χ3n) is 8.31. The fraction of sp³-hybridized carbons (Fsp3) is 0.343. The van der Waals surface area contributed by atoms with Gasteiger partial charge in [-0.2, -0.15) is 13.9 Å². The number of pyridine rings is 2. The van der Waals surface area contributed by atoms with Crippen molar-refractivity contribution in [3.63, 3.8) is 0 Å². The van der Waals surface area contributed by atoms with Crippen LogP contribution in [0.25, 0.3) is 16.8 Å². The van der Waals surface area contributed by atoms with E-state index >= 15 is 8.78 Å². The lowest BCUT2D eigenvalue weighted by molar-refractivity contribution is -0.122. The van der Waals surface area contributed by atoms with Crippen LogP contribution < -0.4 is 10.6 Å². The molecule has 5 aromatic rings. The third-order valence-corrected chi connectivity index (χ3v) is 8.31. The number of fused-ring (bicyclic) bond motifs is 2. The largest absolute Gasteiger partial charge is 0.378 e. The summed E-state index contributed by atoms with van der Waals surface area (Å²) in [6.07, 6.45) is -2.41. The summed E-state index contributed by atoms with van der Waals surface area (Å²) in [5.41, 5.74) is -1.32. The van der Waals surface area contributed by atoms with Crippen LogP contribution in [-0.4, -0.2) is 53.0 Å². The number of amides is 1. The summed E-state index contributed by atoms with van der Waals surface area (Å²) >= 11 is 0. The number of anilines is 1. The van der Waals surface area contributed by atoms with Gasteiger partial charge in [0.25, 0.3) is 12.3 Å². The molecular formula is C35H32F6N8O2. The first-order valence-electron chi connectivity index (χ1n) is 15.8. The molecule has 0 saturated carbocycles. The number of benzene rings is 1. The van der Waals surface area contributed by atoms with Gasteiger partial charge >= 0.3 is 0 Å². The lowest BCUT2D eigenvalue weighted by Crippen LogP contribution is -2.35. The molecule has 0 fully saturated rings. The Kier molecular flexibility index (Phi) is 9.28. The van der Waals surface area contributed by atoms with E-state index in [0.717, 1.165) is 12.1 Å². The smallest absolute Gasteiger partial charge is 0.290 e. The van der Waals surface area contributed by atoms with Gasteiger partial charge in [-0.3, -0.25) is 13.9 Å². The molecule has 2 atom stereocenters. The minimum absolute atomic E-state index is 0.116. The number of carbonyl (C=O) groups is 1. The van der Waals surface area contributed by atoms with Crippen molar-refractivity contribution < 1.29 is 36.2 Å². The van der Waals surface area contributed by atoms with Gasteiger partial charge in [0.15, 0.2) is 5.65 Å². The van der Waals surface area contributed by atoms with E-state index in [1.165, 1.54) is 20.8 Å². The molecule has 0 spiro atoms. The summed E-state index contributed by atoms with van der Waals surface area (Å²) in [6.45, 7) is 3.47. The highest BCUT2D eigenvalue weighted by atomic mass is 19.3. The van der Waals surface area contributed by atoms with Gasteiger partial charge in [0.2, 0.25) is 11.9 Å². The summed E-state index contributed by atoms with van der Waals surface area (Å²) in [5, 5.41) is 27.8. The van der Waals surface area contributed by atoms with E-state index in [-0.39, 0.29) is 28.9 Å². The van der Waals surface area contributed by atoms with Crippen LogP contribution in [0.1, 0.15) is 79.5 Å². The van der Waals surface area contributed by atoms with E-state index < -0.39 is 71.8 Å². The van der Waals surface area contributed by atoms with Gasteiger partial charge in [-0.1, -0.05) is 12.8 Å². The highest BCUT2D eigenvalue weighted by molar-refractivity contribution is 5.77. The second-order valence-electron chi connectivity index (χ2n) is 12.9. The topological polar surface area (TPSA) is 122 Å². The van der Waals surface area contributed by atoms with Crippen molar-refractivity contribution in [2.45, 2.75) is 70.1 Å². The Morgan fingerprint density at radius 2 is 1.82 bits per heavy atom. The van der Waals surface area contributed by atoms with Gasteiger partial charge in [0.05, 0.1) is 11.7 Å². The summed E-state index contributed by atoms with van der Waals surface area (Å²) in [6, 6.07) is 8.27. The van der Waals surface area contributed by atoms with Crippen LogP contribution in [0.5, 0.6) is 0 Å². The SMILES string of the molecule is CNc1nnc2ccc(-c3ccc(C#CC(C)(C)O)nc3[C@H](Cc3cc(F)cc(F)c3)NC(=O)Cn3nc(C(F)F)c4c3C(F)(F)C[C@@H]4C)cn12. The monoisotopic (exact) mass is 710 g/mol. The lowest BCUT2D eigenvalue weighted by Gasteiger charge is -2.23. The number of nitrogens with zero attached hydrogens (tertiary/aromatic N) is 6. The van der Waals surface area contributed by atoms with E-state index in [9.17, 15) is 27.5 Å². The van der Waals surface area contributed by atoms with Gasteiger partial charge in [0.1, 0.15) is 40.9 Å². The number of nitrogens with one attached hydrogen (secondary N) is 2. The zero-order valence-electron chi connectivity index (χ0n) is 27.8.